The minimum absolute atomic E-state index is 0.0468. The summed E-state index contributed by atoms with van der Waals surface area (Å²) in [7, 11) is 0. The Morgan fingerprint density at radius 1 is 1.40 bits per heavy atom. The lowest BCUT2D eigenvalue weighted by Gasteiger charge is -2.17. The first kappa shape index (κ1) is 15.6. The van der Waals surface area contributed by atoms with E-state index in [9.17, 15) is 5.11 Å². The number of aliphatic hydroxyl groups is 1. The standard InChI is InChI=1S/C16H24ClNO2/c1-11(18)13-6-7-16(15(17)9-13)20-10-14(19)8-12-4-2-3-5-12/h6-7,9,11-12,14,19H,2-5,8,10,18H2,1H3/t11-,14?/m1/s1. The number of rotatable bonds is 6. The second kappa shape index (κ2) is 7.30. The topological polar surface area (TPSA) is 55.5 Å². The molecular weight excluding hydrogens is 274 g/mol. The summed E-state index contributed by atoms with van der Waals surface area (Å²) in [6.07, 6.45) is 5.48. The van der Waals surface area contributed by atoms with E-state index in [1.165, 1.54) is 25.7 Å². The molecule has 3 nitrogen and oxygen atoms in total. The van der Waals surface area contributed by atoms with Gasteiger partial charge in [-0.05, 0) is 37.0 Å². The van der Waals surface area contributed by atoms with Gasteiger partial charge in [-0.2, -0.15) is 0 Å². The monoisotopic (exact) mass is 297 g/mol. The zero-order chi connectivity index (χ0) is 14.5. The molecule has 2 rings (SSSR count). The lowest BCUT2D eigenvalue weighted by molar-refractivity contribution is 0.0856. The third-order valence-electron chi connectivity index (χ3n) is 3.99. The number of aliphatic hydroxyl groups excluding tert-OH is 1. The van der Waals surface area contributed by atoms with Crippen molar-refractivity contribution in [3.63, 3.8) is 0 Å². The second-order valence-electron chi connectivity index (χ2n) is 5.83. The van der Waals surface area contributed by atoms with Gasteiger partial charge in [0.15, 0.2) is 0 Å². The van der Waals surface area contributed by atoms with Crippen LogP contribution in [0.3, 0.4) is 0 Å². The lowest BCUT2D eigenvalue weighted by Crippen LogP contribution is -2.20. The second-order valence-corrected chi connectivity index (χ2v) is 6.24. The molecule has 0 heterocycles. The third-order valence-corrected chi connectivity index (χ3v) is 4.29. The van der Waals surface area contributed by atoms with E-state index >= 15 is 0 Å². The molecule has 1 aromatic rings. The van der Waals surface area contributed by atoms with E-state index in [-0.39, 0.29) is 6.04 Å². The van der Waals surface area contributed by atoms with E-state index in [0.29, 0.717) is 23.3 Å². The van der Waals surface area contributed by atoms with Gasteiger partial charge in [0.1, 0.15) is 12.4 Å². The van der Waals surface area contributed by atoms with Crippen molar-refractivity contribution in [1.29, 1.82) is 0 Å². The Labute approximate surface area is 126 Å². The van der Waals surface area contributed by atoms with Crippen LogP contribution in [0.25, 0.3) is 0 Å². The molecule has 0 amide bonds. The van der Waals surface area contributed by atoms with Crippen LogP contribution in [-0.4, -0.2) is 17.8 Å². The summed E-state index contributed by atoms with van der Waals surface area (Å²) in [4.78, 5) is 0. The number of halogens is 1. The van der Waals surface area contributed by atoms with Crippen molar-refractivity contribution in [3.8, 4) is 5.75 Å². The molecule has 2 atom stereocenters. The fourth-order valence-electron chi connectivity index (χ4n) is 2.80. The van der Waals surface area contributed by atoms with Crippen LogP contribution in [0.15, 0.2) is 18.2 Å². The van der Waals surface area contributed by atoms with Crippen LogP contribution in [0, 0.1) is 5.92 Å². The van der Waals surface area contributed by atoms with Crippen LogP contribution in [0.5, 0.6) is 5.75 Å². The maximum absolute atomic E-state index is 10.0. The molecule has 3 N–H and O–H groups in total. The fraction of sp³-hybridized carbons (Fsp3) is 0.625. The molecule has 0 aromatic heterocycles. The van der Waals surface area contributed by atoms with Gasteiger partial charge in [-0.3, -0.25) is 0 Å². The summed E-state index contributed by atoms with van der Waals surface area (Å²) >= 11 is 6.17. The van der Waals surface area contributed by atoms with E-state index in [0.717, 1.165) is 12.0 Å². The average molecular weight is 298 g/mol. The molecule has 1 aliphatic rings. The van der Waals surface area contributed by atoms with Crippen molar-refractivity contribution >= 4 is 11.6 Å². The molecule has 112 valence electrons. The first-order chi connectivity index (χ1) is 9.56. The highest BCUT2D eigenvalue weighted by atomic mass is 35.5. The molecule has 1 unspecified atom stereocenters. The summed E-state index contributed by atoms with van der Waals surface area (Å²) in [5, 5.41) is 10.6. The molecule has 1 fully saturated rings. The lowest BCUT2D eigenvalue weighted by atomic mass is 10.0. The number of hydrogen-bond donors (Lipinski definition) is 2. The van der Waals surface area contributed by atoms with Crippen LogP contribution in [0.4, 0.5) is 0 Å². The zero-order valence-electron chi connectivity index (χ0n) is 12.0. The van der Waals surface area contributed by atoms with Crippen LogP contribution in [-0.2, 0) is 0 Å². The maximum Gasteiger partial charge on any atom is 0.138 e. The first-order valence-electron chi connectivity index (χ1n) is 7.42. The quantitative estimate of drug-likeness (QED) is 0.842. The average Bonchev–Trinajstić information content (AvgIpc) is 2.90. The number of hydrogen-bond acceptors (Lipinski definition) is 3. The predicted molar refractivity (Wildman–Crippen MR) is 82.1 cm³/mol. The Morgan fingerprint density at radius 3 is 2.70 bits per heavy atom. The van der Waals surface area contributed by atoms with Gasteiger partial charge in [0.05, 0.1) is 11.1 Å². The Morgan fingerprint density at radius 2 is 2.10 bits per heavy atom. The van der Waals surface area contributed by atoms with Crippen molar-refractivity contribution < 1.29 is 9.84 Å². The minimum atomic E-state index is -0.415. The molecular formula is C16H24ClNO2. The van der Waals surface area contributed by atoms with Crippen molar-refractivity contribution in [3.05, 3.63) is 28.8 Å². The van der Waals surface area contributed by atoms with Crippen LogP contribution >= 0.6 is 11.6 Å². The van der Waals surface area contributed by atoms with E-state index in [1.807, 2.05) is 25.1 Å². The normalized spacial score (nSPS) is 19.0. The minimum Gasteiger partial charge on any atom is -0.489 e. The van der Waals surface area contributed by atoms with Crippen LogP contribution in [0.2, 0.25) is 5.02 Å². The van der Waals surface area contributed by atoms with E-state index in [4.69, 9.17) is 22.1 Å². The molecule has 20 heavy (non-hydrogen) atoms. The van der Waals surface area contributed by atoms with Crippen LogP contribution < -0.4 is 10.5 Å². The molecule has 4 heteroatoms. The Bertz CT molecular complexity index is 430. The number of benzene rings is 1. The molecule has 0 spiro atoms. The van der Waals surface area contributed by atoms with Gasteiger partial charge in [-0.1, -0.05) is 43.4 Å². The van der Waals surface area contributed by atoms with Crippen molar-refractivity contribution in [2.24, 2.45) is 11.7 Å². The Balaban J connectivity index is 1.83. The zero-order valence-corrected chi connectivity index (χ0v) is 12.8. The first-order valence-corrected chi connectivity index (χ1v) is 7.80. The highest BCUT2D eigenvalue weighted by Gasteiger charge is 2.19. The predicted octanol–water partition coefficient (Wildman–Crippen LogP) is 3.68. The molecule has 0 aliphatic heterocycles. The highest BCUT2D eigenvalue weighted by Crippen LogP contribution is 2.30. The number of nitrogens with two attached hydrogens (primary N) is 1. The summed E-state index contributed by atoms with van der Waals surface area (Å²) in [6, 6.07) is 5.51. The van der Waals surface area contributed by atoms with E-state index in [2.05, 4.69) is 0 Å². The van der Waals surface area contributed by atoms with Crippen molar-refractivity contribution in [2.75, 3.05) is 6.61 Å². The molecule has 1 aromatic carbocycles. The summed E-state index contributed by atoms with van der Waals surface area (Å²) in [6.45, 7) is 2.21. The molecule has 1 saturated carbocycles. The number of ether oxygens (including phenoxy) is 1. The Hall–Kier alpha value is -0.770. The van der Waals surface area contributed by atoms with Gasteiger partial charge in [0, 0.05) is 6.04 Å². The molecule has 1 aliphatic carbocycles. The van der Waals surface area contributed by atoms with Gasteiger partial charge in [0.25, 0.3) is 0 Å². The van der Waals surface area contributed by atoms with Gasteiger partial charge in [0.2, 0.25) is 0 Å². The van der Waals surface area contributed by atoms with E-state index in [1.54, 1.807) is 0 Å². The molecule has 0 radical (unpaired) electrons. The van der Waals surface area contributed by atoms with Gasteiger partial charge < -0.3 is 15.6 Å². The van der Waals surface area contributed by atoms with Crippen molar-refractivity contribution in [2.45, 2.75) is 51.2 Å². The highest BCUT2D eigenvalue weighted by molar-refractivity contribution is 6.32. The Kier molecular flexibility index (Phi) is 5.70. The van der Waals surface area contributed by atoms with Gasteiger partial charge in [-0.15, -0.1) is 0 Å². The van der Waals surface area contributed by atoms with Gasteiger partial charge in [-0.25, -0.2) is 0 Å². The summed E-state index contributed by atoms with van der Waals surface area (Å²) in [5.74, 6) is 1.27. The van der Waals surface area contributed by atoms with Gasteiger partial charge >= 0.3 is 0 Å². The molecule has 0 bridgehead atoms. The van der Waals surface area contributed by atoms with Crippen LogP contribution in [0.1, 0.15) is 50.6 Å². The largest absolute Gasteiger partial charge is 0.489 e. The van der Waals surface area contributed by atoms with Crippen molar-refractivity contribution in [1.82, 2.24) is 0 Å². The van der Waals surface area contributed by atoms with E-state index < -0.39 is 6.10 Å². The molecule has 0 saturated heterocycles. The smallest absolute Gasteiger partial charge is 0.138 e. The fourth-order valence-corrected chi connectivity index (χ4v) is 3.05. The summed E-state index contributed by atoms with van der Waals surface area (Å²) < 4.78 is 5.62. The third kappa shape index (κ3) is 4.37. The summed E-state index contributed by atoms with van der Waals surface area (Å²) in [5.41, 5.74) is 6.79. The maximum atomic E-state index is 10.0. The SMILES string of the molecule is C[C@@H](N)c1ccc(OCC(O)CC2CCCC2)c(Cl)c1.